The van der Waals surface area contributed by atoms with E-state index in [0.29, 0.717) is 12.4 Å². The fourth-order valence-corrected chi connectivity index (χ4v) is 3.11. The fraction of sp³-hybridized carbons (Fsp3) is 0.292. The Morgan fingerprint density at radius 2 is 1.56 bits per heavy atom. The van der Waals surface area contributed by atoms with Gasteiger partial charge in [0.1, 0.15) is 17.0 Å². The molecule has 39 heavy (non-hydrogen) atoms. The maximum absolute atomic E-state index is 14.1. The SMILES string of the molecule is [2H]C([2H])([2H])N(C(=O)Oc1c(-n2ccn(C(=O)OC(C)(C)C)c2=O)cc(C(F)(F)F)cc1C(F)(F)F)c1ccc(F)cc1. The highest BCUT2D eigenvalue weighted by molar-refractivity contribution is 5.89. The summed E-state index contributed by atoms with van der Waals surface area (Å²) >= 11 is 0. The Kier molecular flexibility index (Phi) is 6.48. The molecule has 0 atom stereocenters. The standard InChI is InChI=1S/C24H20F7N3O5/c1-22(2,3)39-21(37)34-10-9-33(19(34)35)17-12-13(23(26,27)28)11-16(24(29,30)31)18(17)38-20(36)32(4)15-7-5-14(25)6-8-15/h5-12H,1-4H3/i4D3. The number of nitrogens with zero attached hydrogens (tertiary/aromatic N) is 3. The summed E-state index contributed by atoms with van der Waals surface area (Å²) in [6, 6.07) is 2.66. The molecule has 1 aromatic heterocycles. The second-order valence-corrected chi connectivity index (χ2v) is 8.85. The van der Waals surface area contributed by atoms with Gasteiger partial charge in [-0.05, 0) is 57.2 Å². The molecule has 0 aliphatic rings. The van der Waals surface area contributed by atoms with E-state index < -0.39 is 82.9 Å². The molecule has 1 amide bonds. The van der Waals surface area contributed by atoms with Gasteiger partial charge in [0.25, 0.3) is 0 Å². The maximum Gasteiger partial charge on any atom is 0.422 e. The number of carbonyl (C=O) groups excluding carboxylic acids is 2. The van der Waals surface area contributed by atoms with Crippen LogP contribution < -0.4 is 15.3 Å². The van der Waals surface area contributed by atoms with Gasteiger partial charge in [0.15, 0.2) is 5.75 Å². The summed E-state index contributed by atoms with van der Waals surface area (Å²) in [5.74, 6) is -2.56. The highest BCUT2D eigenvalue weighted by Crippen LogP contribution is 2.44. The van der Waals surface area contributed by atoms with Crippen LogP contribution in [0, 0.1) is 5.82 Å². The number of ether oxygens (including phenoxy) is 2. The van der Waals surface area contributed by atoms with Gasteiger partial charge in [0.05, 0.1) is 11.3 Å². The van der Waals surface area contributed by atoms with Gasteiger partial charge in [-0.3, -0.25) is 9.47 Å². The van der Waals surface area contributed by atoms with E-state index in [1.54, 1.807) is 0 Å². The van der Waals surface area contributed by atoms with Crippen molar-refractivity contribution in [1.29, 1.82) is 0 Å². The Bertz CT molecular complexity index is 1550. The molecule has 0 N–H and O–H groups in total. The first kappa shape index (κ1) is 25.0. The van der Waals surface area contributed by atoms with Crippen LogP contribution in [-0.4, -0.2) is 33.9 Å². The van der Waals surface area contributed by atoms with Crippen LogP contribution >= 0.6 is 0 Å². The average molecular weight is 566 g/mol. The Morgan fingerprint density at radius 3 is 2.08 bits per heavy atom. The third-order valence-electron chi connectivity index (χ3n) is 4.79. The minimum Gasteiger partial charge on any atom is -0.443 e. The predicted octanol–water partition coefficient (Wildman–Crippen LogP) is 6.23. The zero-order valence-electron chi connectivity index (χ0n) is 23.1. The first-order valence-corrected chi connectivity index (χ1v) is 10.6. The average Bonchev–Trinajstić information content (AvgIpc) is 3.18. The normalized spacial score (nSPS) is 13.7. The van der Waals surface area contributed by atoms with E-state index in [-0.39, 0.29) is 20.1 Å². The van der Waals surface area contributed by atoms with Crippen LogP contribution in [-0.2, 0) is 17.1 Å². The number of imidazole rings is 1. The van der Waals surface area contributed by atoms with Crippen LogP contribution in [0.1, 0.15) is 36.0 Å². The Hall–Kier alpha value is -4.30. The van der Waals surface area contributed by atoms with Crippen LogP contribution in [0.4, 0.5) is 46.0 Å². The Labute approximate surface area is 220 Å². The van der Waals surface area contributed by atoms with Crippen LogP contribution in [0.2, 0.25) is 0 Å². The molecule has 3 rings (SSSR count). The summed E-state index contributed by atoms with van der Waals surface area (Å²) < 4.78 is 130. The summed E-state index contributed by atoms with van der Waals surface area (Å²) in [4.78, 5) is 38.3. The third-order valence-corrected chi connectivity index (χ3v) is 4.79. The number of rotatable bonds is 3. The van der Waals surface area contributed by atoms with E-state index in [1.807, 2.05) is 0 Å². The molecule has 15 heteroatoms. The van der Waals surface area contributed by atoms with Crippen molar-refractivity contribution in [3.63, 3.8) is 0 Å². The lowest BCUT2D eigenvalue weighted by Crippen LogP contribution is -2.34. The monoisotopic (exact) mass is 566 g/mol. The molecule has 0 fully saturated rings. The second kappa shape index (κ2) is 10.1. The van der Waals surface area contributed by atoms with Gasteiger partial charge >= 0.3 is 30.2 Å². The van der Waals surface area contributed by atoms with Gasteiger partial charge < -0.3 is 9.47 Å². The molecule has 0 saturated carbocycles. The number of hydrogen-bond donors (Lipinski definition) is 0. The lowest BCUT2D eigenvalue weighted by atomic mass is 10.1. The molecule has 0 unspecified atom stereocenters. The molecule has 0 bridgehead atoms. The Balaban J connectivity index is 2.30. The van der Waals surface area contributed by atoms with E-state index >= 15 is 0 Å². The second-order valence-electron chi connectivity index (χ2n) is 8.85. The van der Waals surface area contributed by atoms with Crippen molar-refractivity contribution in [2.45, 2.75) is 38.7 Å². The molecule has 210 valence electrons. The topological polar surface area (TPSA) is 82.8 Å². The molecule has 0 radical (unpaired) electrons. The van der Waals surface area contributed by atoms with Gasteiger partial charge in [-0.1, -0.05) is 0 Å². The van der Waals surface area contributed by atoms with Crippen LogP contribution in [0.15, 0.2) is 53.6 Å². The summed E-state index contributed by atoms with van der Waals surface area (Å²) in [6.07, 6.45) is -13.1. The number of alkyl halides is 6. The molecule has 3 aromatic rings. The van der Waals surface area contributed by atoms with E-state index in [4.69, 9.17) is 13.6 Å². The number of halogens is 7. The number of amides is 1. The van der Waals surface area contributed by atoms with E-state index in [0.717, 1.165) is 24.3 Å². The molecule has 1 heterocycles. The largest absolute Gasteiger partial charge is 0.443 e. The number of anilines is 1. The van der Waals surface area contributed by atoms with Crippen LogP contribution in [0.3, 0.4) is 0 Å². The maximum atomic E-state index is 14.1. The molecule has 0 saturated heterocycles. The van der Waals surface area contributed by atoms with Crippen molar-refractivity contribution in [1.82, 2.24) is 9.13 Å². The van der Waals surface area contributed by atoms with Crippen LogP contribution in [0.5, 0.6) is 5.75 Å². The van der Waals surface area contributed by atoms with Gasteiger partial charge in [-0.15, -0.1) is 0 Å². The first-order chi connectivity index (χ1) is 19.0. The predicted molar refractivity (Wildman–Crippen MR) is 122 cm³/mol. The lowest BCUT2D eigenvalue weighted by Gasteiger charge is -2.22. The summed E-state index contributed by atoms with van der Waals surface area (Å²) in [5, 5.41) is 0. The first-order valence-electron chi connectivity index (χ1n) is 12.1. The zero-order valence-corrected chi connectivity index (χ0v) is 20.1. The molecule has 0 aliphatic carbocycles. The Morgan fingerprint density at radius 1 is 0.949 bits per heavy atom. The molecular formula is C24H20F7N3O5. The molecule has 2 aromatic carbocycles. The quantitative estimate of drug-likeness (QED) is 0.351. The zero-order chi connectivity index (χ0) is 32.0. The molecule has 0 aliphatic heterocycles. The van der Waals surface area contributed by atoms with Crippen molar-refractivity contribution in [2.75, 3.05) is 11.9 Å². The highest BCUT2D eigenvalue weighted by atomic mass is 19.4. The minimum absolute atomic E-state index is 0.0380. The summed E-state index contributed by atoms with van der Waals surface area (Å²) in [6.45, 7) is 0.816. The molecule has 8 nitrogen and oxygen atoms in total. The van der Waals surface area contributed by atoms with Crippen molar-refractivity contribution < 1.29 is 53.9 Å². The highest BCUT2D eigenvalue weighted by Gasteiger charge is 2.42. The van der Waals surface area contributed by atoms with E-state index in [9.17, 15) is 45.1 Å². The van der Waals surface area contributed by atoms with Crippen molar-refractivity contribution in [2.24, 2.45) is 0 Å². The summed E-state index contributed by atoms with van der Waals surface area (Å²) in [5.41, 5.74) is -8.69. The number of aromatic nitrogens is 2. The van der Waals surface area contributed by atoms with Gasteiger partial charge in [-0.25, -0.2) is 23.3 Å². The van der Waals surface area contributed by atoms with Crippen molar-refractivity contribution >= 4 is 17.9 Å². The van der Waals surface area contributed by atoms with Crippen LogP contribution in [0.25, 0.3) is 5.69 Å². The molecular weight excluding hydrogens is 543 g/mol. The number of carbonyl (C=O) groups is 2. The smallest absolute Gasteiger partial charge is 0.422 e. The van der Waals surface area contributed by atoms with Crippen molar-refractivity contribution in [3.05, 3.63) is 76.2 Å². The van der Waals surface area contributed by atoms with Gasteiger partial charge in [0.2, 0.25) is 0 Å². The lowest BCUT2D eigenvalue weighted by molar-refractivity contribution is -0.143. The summed E-state index contributed by atoms with van der Waals surface area (Å²) in [7, 11) is 0. The van der Waals surface area contributed by atoms with E-state index in [1.165, 1.54) is 20.8 Å². The van der Waals surface area contributed by atoms with Crippen molar-refractivity contribution in [3.8, 4) is 11.4 Å². The van der Waals surface area contributed by atoms with E-state index in [2.05, 4.69) is 0 Å². The fourth-order valence-electron chi connectivity index (χ4n) is 3.11. The third kappa shape index (κ3) is 6.59. The molecule has 0 spiro atoms. The number of hydrogen-bond acceptors (Lipinski definition) is 5. The van der Waals surface area contributed by atoms with Gasteiger partial charge in [-0.2, -0.15) is 26.3 Å². The minimum atomic E-state index is -5.65. The number of benzene rings is 2. The van der Waals surface area contributed by atoms with Gasteiger partial charge in [0, 0.05) is 29.2 Å².